The van der Waals surface area contributed by atoms with E-state index in [2.05, 4.69) is 36.3 Å². The lowest BCUT2D eigenvalue weighted by atomic mass is 9.81. The Balaban J connectivity index is 2.02. The van der Waals surface area contributed by atoms with Crippen molar-refractivity contribution in [2.75, 3.05) is 25.0 Å². The smallest absolute Gasteiger partial charge is 0.407 e. The molecule has 2 aromatic rings. The second-order valence-electron chi connectivity index (χ2n) is 11.2. The van der Waals surface area contributed by atoms with E-state index in [-0.39, 0.29) is 11.3 Å². The summed E-state index contributed by atoms with van der Waals surface area (Å²) < 4.78 is 5.39. The number of anilines is 1. The molecule has 0 fully saturated rings. The fourth-order valence-electron chi connectivity index (χ4n) is 4.46. The van der Waals surface area contributed by atoms with Gasteiger partial charge in [-0.2, -0.15) is 0 Å². The zero-order valence-corrected chi connectivity index (χ0v) is 22.8. The van der Waals surface area contributed by atoms with Crippen molar-refractivity contribution in [2.24, 2.45) is 5.41 Å². The van der Waals surface area contributed by atoms with Gasteiger partial charge in [0.15, 0.2) is 0 Å². The highest BCUT2D eigenvalue weighted by Gasteiger charge is 2.51. The number of amides is 2. The Kier molecular flexibility index (Phi) is 8.09. The van der Waals surface area contributed by atoms with Crippen molar-refractivity contribution in [3.05, 3.63) is 63.6 Å². The highest BCUT2D eigenvalue weighted by molar-refractivity contribution is 6.31. The number of fused-ring (bicyclic) bond motifs is 1. The molecule has 2 amide bonds. The van der Waals surface area contributed by atoms with Crippen LogP contribution in [0.25, 0.3) is 0 Å². The molecule has 0 bridgehead atoms. The van der Waals surface area contributed by atoms with Crippen LogP contribution in [0.1, 0.15) is 52.7 Å². The Labute approximate surface area is 218 Å². The number of ether oxygens (including phenoxy) is 1. The van der Waals surface area contributed by atoms with Crippen molar-refractivity contribution in [1.82, 2.24) is 10.2 Å². The number of carbonyl (C=O) groups excluding carboxylic acids is 2. The van der Waals surface area contributed by atoms with Crippen LogP contribution in [-0.4, -0.2) is 42.1 Å². The van der Waals surface area contributed by atoms with Gasteiger partial charge in [0.25, 0.3) is 0 Å². The minimum Gasteiger partial charge on any atom is -0.444 e. The van der Waals surface area contributed by atoms with Gasteiger partial charge in [0, 0.05) is 47.4 Å². The Bertz CT molecular complexity index is 1090. The van der Waals surface area contributed by atoms with Gasteiger partial charge >= 0.3 is 6.09 Å². The van der Waals surface area contributed by atoms with E-state index in [1.54, 1.807) is 6.07 Å². The van der Waals surface area contributed by atoms with Gasteiger partial charge in [0.2, 0.25) is 5.91 Å². The topological polar surface area (TPSA) is 70.7 Å². The molecule has 1 atom stereocenters. The second-order valence-corrected chi connectivity index (χ2v) is 12.1. The molecular formula is C27H35Cl2N3O3. The van der Waals surface area contributed by atoms with Crippen molar-refractivity contribution in [3.8, 4) is 0 Å². The van der Waals surface area contributed by atoms with Crippen LogP contribution in [0, 0.1) is 5.41 Å². The van der Waals surface area contributed by atoms with Gasteiger partial charge in [-0.05, 0) is 56.0 Å². The number of hydrogen-bond acceptors (Lipinski definition) is 4. The zero-order chi connectivity index (χ0) is 26.0. The number of halogens is 2. The van der Waals surface area contributed by atoms with Crippen LogP contribution in [0.5, 0.6) is 0 Å². The summed E-state index contributed by atoms with van der Waals surface area (Å²) in [4.78, 5) is 28.3. The van der Waals surface area contributed by atoms with Crippen LogP contribution in [0.4, 0.5) is 10.5 Å². The largest absolute Gasteiger partial charge is 0.444 e. The molecule has 2 N–H and O–H groups in total. The van der Waals surface area contributed by atoms with Crippen molar-refractivity contribution in [2.45, 2.75) is 59.1 Å². The molecule has 35 heavy (non-hydrogen) atoms. The van der Waals surface area contributed by atoms with Gasteiger partial charge < -0.3 is 15.4 Å². The molecule has 2 aromatic carbocycles. The highest BCUT2D eigenvalue weighted by Crippen LogP contribution is 2.45. The maximum absolute atomic E-state index is 13.8. The lowest BCUT2D eigenvalue weighted by molar-refractivity contribution is -0.129. The average molecular weight is 521 g/mol. The van der Waals surface area contributed by atoms with E-state index in [1.165, 1.54) is 0 Å². The first-order chi connectivity index (χ1) is 16.2. The monoisotopic (exact) mass is 519 g/mol. The molecular weight excluding hydrogens is 485 g/mol. The number of hydrogen-bond donors (Lipinski definition) is 2. The molecule has 0 saturated carbocycles. The van der Waals surface area contributed by atoms with E-state index >= 15 is 0 Å². The molecule has 0 aromatic heterocycles. The van der Waals surface area contributed by atoms with Gasteiger partial charge in [-0.1, -0.05) is 62.2 Å². The maximum atomic E-state index is 13.8. The molecule has 1 heterocycles. The van der Waals surface area contributed by atoms with E-state index in [1.807, 2.05) is 57.2 Å². The summed E-state index contributed by atoms with van der Waals surface area (Å²) in [5, 5.41) is 7.06. The molecule has 0 radical (unpaired) electrons. The summed E-state index contributed by atoms with van der Waals surface area (Å²) in [5.41, 5.74) is 0.773. The zero-order valence-electron chi connectivity index (χ0n) is 21.3. The van der Waals surface area contributed by atoms with Gasteiger partial charge in [0.05, 0.1) is 0 Å². The number of carbonyl (C=O) groups is 2. The second kappa shape index (κ2) is 10.4. The summed E-state index contributed by atoms with van der Waals surface area (Å²) in [6.07, 6.45) is -0.0727. The number of nitrogens with one attached hydrogen (secondary N) is 2. The molecule has 1 unspecified atom stereocenters. The standard InChI is InChI=1S/C27H35Cl2N3O3/c1-25(2,3)17-32(13-12-30-24(34)35-26(4,5)6)27(16-18-8-7-9-19(28)14-18)21-11-10-20(29)15-22(21)31-23(27)33/h7-11,14-15H,12-13,16-17H2,1-6H3,(H,30,34)(H,31,33). The van der Waals surface area contributed by atoms with Crippen LogP contribution < -0.4 is 10.6 Å². The lowest BCUT2D eigenvalue weighted by Gasteiger charge is -2.43. The fourth-order valence-corrected chi connectivity index (χ4v) is 4.84. The van der Waals surface area contributed by atoms with E-state index < -0.39 is 17.2 Å². The Morgan fingerprint density at radius 1 is 1.06 bits per heavy atom. The Morgan fingerprint density at radius 3 is 2.37 bits per heavy atom. The van der Waals surface area contributed by atoms with E-state index in [9.17, 15) is 9.59 Å². The summed E-state index contributed by atoms with van der Waals surface area (Å²) in [7, 11) is 0. The minimum absolute atomic E-state index is 0.122. The number of rotatable bonds is 7. The predicted molar refractivity (Wildman–Crippen MR) is 142 cm³/mol. The summed E-state index contributed by atoms with van der Waals surface area (Å²) >= 11 is 12.6. The first-order valence-corrected chi connectivity index (χ1v) is 12.5. The van der Waals surface area contributed by atoms with E-state index in [0.29, 0.717) is 41.8 Å². The summed E-state index contributed by atoms with van der Waals surface area (Å²) in [6.45, 7) is 13.2. The van der Waals surface area contributed by atoms with Crippen molar-refractivity contribution in [3.63, 3.8) is 0 Å². The molecule has 8 heteroatoms. The molecule has 190 valence electrons. The molecule has 0 saturated heterocycles. The van der Waals surface area contributed by atoms with Crippen LogP contribution in [-0.2, 0) is 21.5 Å². The van der Waals surface area contributed by atoms with Gasteiger partial charge in [-0.3, -0.25) is 9.69 Å². The third-order valence-corrected chi connectivity index (χ3v) is 6.13. The molecule has 0 aliphatic carbocycles. The third kappa shape index (κ3) is 6.90. The van der Waals surface area contributed by atoms with Crippen LogP contribution in [0.3, 0.4) is 0 Å². The fraction of sp³-hybridized carbons (Fsp3) is 0.481. The molecule has 6 nitrogen and oxygen atoms in total. The summed E-state index contributed by atoms with van der Waals surface area (Å²) in [6, 6.07) is 13.1. The number of alkyl carbamates (subject to hydrolysis) is 1. The molecule has 1 aliphatic heterocycles. The van der Waals surface area contributed by atoms with E-state index in [0.717, 1.165) is 11.1 Å². The average Bonchev–Trinajstić information content (AvgIpc) is 2.96. The van der Waals surface area contributed by atoms with Crippen LogP contribution >= 0.6 is 23.2 Å². The summed E-state index contributed by atoms with van der Waals surface area (Å²) in [5.74, 6) is -0.128. The van der Waals surface area contributed by atoms with Gasteiger partial charge in [-0.15, -0.1) is 0 Å². The number of benzene rings is 2. The first kappa shape index (κ1) is 27.3. The normalized spacial score (nSPS) is 17.8. The first-order valence-electron chi connectivity index (χ1n) is 11.8. The predicted octanol–water partition coefficient (Wildman–Crippen LogP) is 6.26. The number of nitrogens with zero attached hydrogens (tertiary/aromatic N) is 1. The van der Waals surface area contributed by atoms with Crippen molar-refractivity contribution in [1.29, 1.82) is 0 Å². The van der Waals surface area contributed by atoms with Crippen molar-refractivity contribution < 1.29 is 14.3 Å². The highest BCUT2D eigenvalue weighted by atomic mass is 35.5. The third-order valence-electron chi connectivity index (χ3n) is 5.65. The Hall–Kier alpha value is -2.28. The van der Waals surface area contributed by atoms with E-state index in [4.69, 9.17) is 27.9 Å². The Morgan fingerprint density at radius 2 is 1.74 bits per heavy atom. The maximum Gasteiger partial charge on any atom is 0.407 e. The molecule has 1 aliphatic rings. The minimum atomic E-state index is -1.01. The SMILES string of the molecule is CC(C)(C)CN(CCNC(=O)OC(C)(C)C)C1(Cc2cccc(Cl)c2)C(=O)Nc2cc(Cl)ccc21. The van der Waals surface area contributed by atoms with Gasteiger partial charge in [0.1, 0.15) is 11.1 Å². The lowest BCUT2D eigenvalue weighted by Crippen LogP contribution is -2.56. The molecule has 0 spiro atoms. The quantitative estimate of drug-likeness (QED) is 0.453. The van der Waals surface area contributed by atoms with Crippen molar-refractivity contribution >= 4 is 40.9 Å². The van der Waals surface area contributed by atoms with Crippen LogP contribution in [0.2, 0.25) is 10.0 Å². The van der Waals surface area contributed by atoms with Gasteiger partial charge in [-0.25, -0.2) is 4.79 Å². The van der Waals surface area contributed by atoms with Crippen LogP contribution in [0.15, 0.2) is 42.5 Å². The molecule has 3 rings (SSSR count).